The van der Waals surface area contributed by atoms with Crippen molar-refractivity contribution in [3.05, 3.63) is 47.7 Å². The molecule has 0 saturated carbocycles. The molecule has 0 unspecified atom stereocenters. The number of benzene rings is 2. The first-order valence-electron chi connectivity index (χ1n) is 8.04. The topological polar surface area (TPSA) is 45.6 Å². The zero-order valence-corrected chi connectivity index (χ0v) is 13.2. The normalized spacial score (nSPS) is 16.2. The minimum atomic E-state index is 0.366. The van der Waals surface area contributed by atoms with Gasteiger partial charge in [-0.25, -0.2) is 0 Å². The van der Waals surface area contributed by atoms with Crippen LogP contribution in [-0.4, -0.2) is 41.3 Å². The van der Waals surface area contributed by atoms with Gasteiger partial charge in [-0.05, 0) is 18.4 Å². The highest BCUT2D eigenvalue weighted by Crippen LogP contribution is 2.34. The highest BCUT2D eigenvalue weighted by molar-refractivity contribution is 6.07. The summed E-state index contributed by atoms with van der Waals surface area (Å²) in [5.74, 6) is 0.366. The van der Waals surface area contributed by atoms with Crippen LogP contribution < -0.4 is 0 Å². The molecule has 23 heavy (non-hydrogen) atoms. The van der Waals surface area contributed by atoms with Gasteiger partial charge in [-0.3, -0.25) is 9.88 Å². The van der Waals surface area contributed by atoms with Crippen LogP contribution in [0.5, 0.6) is 5.75 Å². The average molecular weight is 308 g/mol. The van der Waals surface area contributed by atoms with Gasteiger partial charge < -0.3 is 9.84 Å². The lowest BCUT2D eigenvalue weighted by atomic mass is 10.0. The number of hydrogen-bond donors (Lipinski definition) is 1. The van der Waals surface area contributed by atoms with Crippen LogP contribution in [0.25, 0.3) is 21.7 Å². The Kier molecular flexibility index (Phi) is 3.63. The molecule has 1 fully saturated rings. The predicted octanol–water partition coefficient (Wildman–Crippen LogP) is 3.23. The van der Waals surface area contributed by atoms with Gasteiger partial charge in [0.1, 0.15) is 5.75 Å². The van der Waals surface area contributed by atoms with Crippen molar-refractivity contribution in [3.63, 3.8) is 0 Å². The zero-order chi connectivity index (χ0) is 15.8. The molecule has 1 aliphatic rings. The zero-order valence-electron chi connectivity index (χ0n) is 13.2. The molecule has 0 amide bonds. The SMILES string of the molecule is Cc1nc2c(ccc3ccccc32)c(O)c1CN1CCOCC1. The highest BCUT2D eigenvalue weighted by atomic mass is 16.5. The lowest BCUT2D eigenvalue weighted by Gasteiger charge is -2.27. The first-order chi connectivity index (χ1) is 11.2. The van der Waals surface area contributed by atoms with Crippen LogP contribution in [-0.2, 0) is 11.3 Å². The van der Waals surface area contributed by atoms with Crippen molar-refractivity contribution in [1.82, 2.24) is 9.88 Å². The molecule has 0 spiro atoms. The summed E-state index contributed by atoms with van der Waals surface area (Å²) in [6.45, 7) is 6.01. The number of pyridine rings is 1. The molecule has 118 valence electrons. The number of fused-ring (bicyclic) bond motifs is 3. The molecule has 2 aromatic carbocycles. The molecule has 1 aliphatic heterocycles. The third kappa shape index (κ3) is 2.54. The number of aromatic nitrogens is 1. The van der Waals surface area contributed by atoms with Crippen LogP contribution >= 0.6 is 0 Å². The fourth-order valence-corrected chi connectivity index (χ4v) is 3.31. The Morgan fingerprint density at radius 2 is 1.87 bits per heavy atom. The second-order valence-electron chi connectivity index (χ2n) is 6.10. The number of ether oxygens (including phenoxy) is 1. The van der Waals surface area contributed by atoms with E-state index < -0.39 is 0 Å². The number of nitrogens with zero attached hydrogens (tertiary/aromatic N) is 2. The minimum Gasteiger partial charge on any atom is -0.507 e. The van der Waals surface area contributed by atoms with Crippen molar-refractivity contribution in [1.29, 1.82) is 0 Å². The molecule has 4 heteroatoms. The van der Waals surface area contributed by atoms with Gasteiger partial charge >= 0.3 is 0 Å². The molecular formula is C19H20N2O2. The molecule has 2 heterocycles. The van der Waals surface area contributed by atoms with Crippen LogP contribution in [0.15, 0.2) is 36.4 Å². The Morgan fingerprint density at radius 3 is 2.70 bits per heavy atom. The van der Waals surface area contributed by atoms with Gasteiger partial charge in [0.2, 0.25) is 0 Å². The number of rotatable bonds is 2. The summed E-state index contributed by atoms with van der Waals surface area (Å²) in [6.07, 6.45) is 0. The van der Waals surface area contributed by atoms with Crippen molar-refractivity contribution in [2.24, 2.45) is 0 Å². The van der Waals surface area contributed by atoms with Gasteiger partial charge in [0.05, 0.1) is 18.7 Å². The van der Waals surface area contributed by atoms with Gasteiger partial charge in [0, 0.05) is 41.7 Å². The van der Waals surface area contributed by atoms with Crippen LogP contribution in [0, 0.1) is 6.92 Å². The summed E-state index contributed by atoms with van der Waals surface area (Å²) in [6, 6.07) is 12.2. The Morgan fingerprint density at radius 1 is 1.09 bits per heavy atom. The standard InChI is InChI=1S/C19H20N2O2/c1-13-17(12-21-8-10-23-11-9-21)19(22)16-7-6-14-4-2-3-5-15(14)18(16)20-13/h2-7H,8-12H2,1H3,(H,20,22). The van der Waals surface area contributed by atoms with E-state index in [9.17, 15) is 5.11 Å². The van der Waals surface area contributed by atoms with Gasteiger partial charge in [0.25, 0.3) is 0 Å². The summed E-state index contributed by atoms with van der Waals surface area (Å²) in [5, 5.41) is 13.9. The number of aromatic hydroxyl groups is 1. The summed E-state index contributed by atoms with van der Waals surface area (Å²) < 4.78 is 5.40. The minimum absolute atomic E-state index is 0.366. The van der Waals surface area contributed by atoms with Crippen LogP contribution in [0.2, 0.25) is 0 Å². The maximum absolute atomic E-state index is 10.8. The lowest BCUT2D eigenvalue weighted by Crippen LogP contribution is -2.35. The second-order valence-corrected chi connectivity index (χ2v) is 6.10. The van der Waals surface area contributed by atoms with E-state index in [1.54, 1.807) is 0 Å². The van der Waals surface area contributed by atoms with E-state index in [1.807, 2.05) is 31.2 Å². The van der Waals surface area contributed by atoms with Gasteiger partial charge in [-0.15, -0.1) is 0 Å². The van der Waals surface area contributed by atoms with Gasteiger partial charge in [0.15, 0.2) is 0 Å². The van der Waals surface area contributed by atoms with Crippen molar-refractivity contribution in [3.8, 4) is 5.75 Å². The Hall–Kier alpha value is -2.17. The third-order valence-electron chi connectivity index (χ3n) is 4.64. The van der Waals surface area contributed by atoms with Crippen LogP contribution in [0.4, 0.5) is 0 Å². The van der Waals surface area contributed by atoms with E-state index in [2.05, 4.69) is 17.0 Å². The first kappa shape index (κ1) is 14.4. The van der Waals surface area contributed by atoms with Crippen molar-refractivity contribution in [2.75, 3.05) is 26.3 Å². The fraction of sp³-hybridized carbons (Fsp3) is 0.316. The van der Waals surface area contributed by atoms with E-state index >= 15 is 0 Å². The van der Waals surface area contributed by atoms with E-state index in [4.69, 9.17) is 9.72 Å². The molecule has 4 nitrogen and oxygen atoms in total. The largest absolute Gasteiger partial charge is 0.507 e. The van der Waals surface area contributed by atoms with E-state index in [-0.39, 0.29) is 0 Å². The lowest BCUT2D eigenvalue weighted by molar-refractivity contribution is 0.0338. The molecule has 4 rings (SSSR count). The molecular weight excluding hydrogens is 288 g/mol. The molecule has 0 atom stereocenters. The summed E-state index contributed by atoms with van der Waals surface area (Å²) >= 11 is 0. The molecule has 0 bridgehead atoms. The summed E-state index contributed by atoms with van der Waals surface area (Å²) in [4.78, 5) is 7.12. The quantitative estimate of drug-likeness (QED) is 0.738. The van der Waals surface area contributed by atoms with Crippen LogP contribution in [0.1, 0.15) is 11.3 Å². The van der Waals surface area contributed by atoms with Crippen molar-refractivity contribution < 1.29 is 9.84 Å². The van der Waals surface area contributed by atoms with Crippen molar-refractivity contribution in [2.45, 2.75) is 13.5 Å². The smallest absolute Gasteiger partial charge is 0.131 e. The molecule has 1 aromatic heterocycles. The Labute approximate surface area is 135 Å². The van der Waals surface area contributed by atoms with Gasteiger partial charge in [-0.2, -0.15) is 0 Å². The first-order valence-corrected chi connectivity index (χ1v) is 8.04. The Balaban J connectivity index is 1.84. The molecule has 1 saturated heterocycles. The Bertz CT molecular complexity index is 870. The highest BCUT2D eigenvalue weighted by Gasteiger charge is 2.18. The summed E-state index contributed by atoms with van der Waals surface area (Å²) in [5.41, 5.74) is 2.70. The van der Waals surface area contributed by atoms with E-state index in [0.717, 1.165) is 65.8 Å². The average Bonchev–Trinajstić information content (AvgIpc) is 2.59. The molecule has 3 aromatic rings. The maximum atomic E-state index is 10.8. The molecule has 1 N–H and O–H groups in total. The number of aryl methyl sites for hydroxylation is 1. The van der Waals surface area contributed by atoms with Gasteiger partial charge in [-0.1, -0.05) is 30.3 Å². The molecule has 0 aliphatic carbocycles. The maximum Gasteiger partial charge on any atom is 0.131 e. The van der Waals surface area contributed by atoms with Crippen LogP contribution in [0.3, 0.4) is 0 Å². The van der Waals surface area contributed by atoms with E-state index in [0.29, 0.717) is 5.75 Å². The molecule has 0 radical (unpaired) electrons. The fourth-order valence-electron chi connectivity index (χ4n) is 3.31. The monoisotopic (exact) mass is 308 g/mol. The number of hydrogen-bond acceptors (Lipinski definition) is 4. The third-order valence-corrected chi connectivity index (χ3v) is 4.64. The summed E-state index contributed by atoms with van der Waals surface area (Å²) in [7, 11) is 0. The second kappa shape index (κ2) is 5.80. The van der Waals surface area contributed by atoms with E-state index in [1.165, 1.54) is 0 Å². The predicted molar refractivity (Wildman–Crippen MR) is 91.7 cm³/mol. The van der Waals surface area contributed by atoms with Crippen molar-refractivity contribution >= 4 is 21.7 Å². The number of morpholine rings is 1.